The molecule has 0 radical (unpaired) electrons. The molecule has 0 saturated heterocycles. The number of ether oxygens (including phenoxy) is 4. The maximum absolute atomic E-state index is 12.6. The van der Waals surface area contributed by atoms with Gasteiger partial charge in [-0.3, -0.25) is 14.4 Å². The highest BCUT2D eigenvalue weighted by molar-refractivity contribution is 5.96. The average molecular weight is 356 g/mol. The smallest absolute Gasteiger partial charge is 0.345 e. The molecule has 10 heteroatoms. The molecular formula is C15H16O10. The van der Waals surface area contributed by atoms with Gasteiger partial charge in [0, 0.05) is 13.8 Å². The van der Waals surface area contributed by atoms with Gasteiger partial charge in [0.15, 0.2) is 11.5 Å². The van der Waals surface area contributed by atoms with Gasteiger partial charge in [-0.25, -0.2) is 9.59 Å². The minimum Gasteiger partial charge on any atom is -0.465 e. The fourth-order valence-electron chi connectivity index (χ4n) is 1.78. The number of carbonyl (C=O) groups excluding carboxylic acids is 4. The van der Waals surface area contributed by atoms with Gasteiger partial charge in [-0.2, -0.15) is 0 Å². The molecule has 0 aliphatic heterocycles. The van der Waals surface area contributed by atoms with Gasteiger partial charge in [0.05, 0.1) is 14.2 Å². The molecule has 0 bridgehead atoms. The summed E-state index contributed by atoms with van der Waals surface area (Å²) < 4.78 is 23.7. The Kier molecular flexibility index (Phi) is 6.85. The Bertz CT molecular complexity index is 699. The Hall–Kier alpha value is -3.17. The fraction of sp³-hybridized carbons (Fsp3) is 0.400. The maximum Gasteiger partial charge on any atom is 0.345 e. The minimum absolute atomic E-state index is 0.359. The van der Waals surface area contributed by atoms with E-state index in [-0.39, 0.29) is 11.5 Å². The summed E-state index contributed by atoms with van der Waals surface area (Å²) in [6.07, 6.45) is 0. The van der Waals surface area contributed by atoms with Crippen LogP contribution in [0.4, 0.5) is 0 Å². The van der Waals surface area contributed by atoms with Gasteiger partial charge in [-0.05, 0) is 0 Å². The summed E-state index contributed by atoms with van der Waals surface area (Å²) in [5.41, 5.74) is -2.32. The first kappa shape index (κ1) is 19.9. The topological polar surface area (TPSA) is 135 Å². The Morgan fingerprint density at radius 3 is 1.44 bits per heavy atom. The van der Waals surface area contributed by atoms with Crippen molar-refractivity contribution in [3.05, 3.63) is 32.9 Å². The normalized spacial score (nSPS) is 9.92. The molecule has 0 unspecified atom stereocenters. The van der Waals surface area contributed by atoms with Crippen molar-refractivity contribution in [2.45, 2.75) is 27.1 Å². The van der Waals surface area contributed by atoms with Crippen LogP contribution >= 0.6 is 0 Å². The first-order valence-corrected chi connectivity index (χ1v) is 6.85. The Balaban J connectivity index is 3.61. The molecule has 0 aromatic carbocycles. The second kappa shape index (κ2) is 8.62. The Morgan fingerprint density at radius 2 is 1.16 bits per heavy atom. The highest BCUT2D eigenvalue weighted by Crippen LogP contribution is 2.17. The number of rotatable bonds is 6. The predicted octanol–water partition coefficient (Wildman–Crippen LogP) is 0.339. The number of hydrogen-bond donors (Lipinski definition) is 0. The summed E-state index contributed by atoms with van der Waals surface area (Å²) in [6, 6.07) is 0. The van der Waals surface area contributed by atoms with Crippen molar-refractivity contribution in [2.75, 3.05) is 14.2 Å². The van der Waals surface area contributed by atoms with Crippen LogP contribution in [0.15, 0.2) is 9.21 Å². The standard InChI is InChI=1S/C15H16O10/c1-7(16)23-5-9-11(14(19)21-3)13(18)12(15(20)22-4)10(25-9)6-24-8(2)17/h5-6H2,1-4H3. The minimum atomic E-state index is -1.10. The zero-order valence-electron chi connectivity index (χ0n) is 14.0. The van der Waals surface area contributed by atoms with Gasteiger partial charge in [-0.15, -0.1) is 0 Å². The van der Waals surface area contributed by atoms with Crippen molar-refractivity contribution in [1.29, 1.82) is 0 Å². The second-order valence-electron chi connectivity index (χ2n) is 4.57. The summed E-state index contributed by atoms with van der Waals surface area (Å²) in [7, 11) is 2.03. The third-order valence-corrected chi connectivity index (χ3v) is 2.85. The van der Waals surface area contributed by atoms with E-state index in [1.165, 1.54) is 0 Å². The van der Waals surface area contributed by atoms with Crippen LogP contribution in [-0.4, -0.2) is 38.1 Å². The third kappa shape index (κ3) is 4.90. The van der Waals surface area contributed by atoms with E-state index < -0.39 is 53.6 Å². The second-order valence-corrected chi connectivity index (χ2v) is 4.57. The SMILES string of the molecule is COC(=O)c1c(COC(C)=O)oc(COC(C)=O)c(C(=O)OC)c1=O. The lowest BCUT2D eigenvalue weighted by Crippen LogP contribution is -2.28. The molecule has 1 heterocycles. The van der Waals surface area contributed by atoms with Crippen molar-refractivity contribution in [2.24, 2.45) is 0 Å². The lowest BCUT2D eigenvalue weighted by atomic mass is 10.1. The van der Waals surface area contributed by atoms with Crippen molar-refractivity contribution in [1.82, 2.24) is 0 Å². The fourth-order valence-corrected chi connectivity index (χ4v) is 1.78. The molecule has 0 N–H and O–H groups in total. The molecule has 0 amide bonds. The Labute approximate surface area is 141 Å². The van der Waals surface area contributed by atoms with E-state index in [0.717, 1.165) is 28.1 Å². The highest BCUT2D eigenvalue weighted by atomic mass is 16.6. The van der Waals surface area contributed by atoms with E-state index in [2.05, 4.69) is 9.47 Å². The van der Waals surface area contributed by atoms with Crippen molar-refractivity contribution in [3.8, 4) is 0 Å². The molecule has 0 aliphatic carbocycles. The monoisotopic (exact) mass is 356 g/mol. The van der Waals surface area contributed by atoms with Crippen LogP contribution in [0, 0.1) is 0 Å². The summed E-state index contributed by atoms with van der Waals surface area (Å²) in [5, 5.41) is 0. The highest BCUT2D eigenvalue weighted by Gasteiger charge is 2.29. The van der Waals surface area contributed by atoms with Crippen LogP contribution in [0.1, 0.15) is 46.1 Å². The van der Waals surface area contributed by atoms with E-state index in [4.69, 9.17) is 13.9 Å². The van der Waals surface area contributed by atoms with Crippen LogP contribution in [0.3, 0.4) is 0 Å². The summed E-state index contributed by atoms with van der Waals surface area (Å²) >= 11 is 0. The summed E-state index contributed by atoms with van der Waals surface area (Å²) in [5.74, 6) is -4.31. The molecule has 1 rings (SSSR count). The first-order chi connectivity index (χ1) is 11.7. The van der Waals surface area contributed by atoms with E-state index in [1.54, 1.807) is 0 Å². The van der Waals surface area contributed by atoms with Gasteiger partial charge in [0.1, 0.15) is 24.3 Å². The molecular weight excluding hydrogens is 340 g/mol. The van der Waals surface area contributed by atoms with Gasteiger partial charge in [0.25, 0.3) is 0 Å². The molecule has 1 aromatic rings. The van der Waals surface area contributed by atoms with Crippen LogP contribution in [0.25, 0.3) is 0 Å². The zero-order valence-corrected chi connectivity index (χ0v) is 14.0. The first-order valence-electron chi connectivity index (χ1n) is 6.85. The summed E-state index contributed by atoms with van der Waals surface area (Å²) in [4.78, 5) is 58.3. The van der Waals surface area contributed by atoms with Gasteiger partial charge >= 0.3 is 23.9 Å². The molecule has 1 aromatic heterocycles. The number of carbonyl (C=O) groups is 4. The average Bonchev–Trinajstić information content (AvgIpc) is 2.56. The van der Waals surface area contributed by atoms with E-state index in [0.29, 0.717) is 0 Å². The molecule has 0 atom stereocenters. The van der Waals surface area contributed by atoms with E-state index in [1.807, 2.05) is 0 Å². The molecule has 25 heavy (non-hydrogen) atoms. The molecule has 0 aliphatic rings. The van der Waals surface area contributed by atoms with Crippen molar-refractivity contribution in [3.63, 3.8) is 0 Å². The number of methoxy groups -OCH3 is 2. The van der Waals surface area contributed by atoms with Gasteiger partial charge in [0.2, 0.25) is 5.43 Å². The summed E-state index contributed by atoms with van der Waals surface area (Å²) in [6.45, 7) is 1.09. The molecule has 136 valence electrons. The van der Waals surface area contributed by atoms with E-state index >= 15 is 0 Å². The lowest BCUT2D eigenvalue weighted by molar-refractivity contribution is -0.142. The van der Waals surface area contributed by atoms with Crippen LogP contribution in [0.2, 0.25) is 0 Å². The zero-order chi connectivity index (χ0) is 19.1. The number of hydrogen-bond acceptors (Lipinski definition) is 10. The van der Waals surface area contributed by atoms with Crippen LogP contribution in [-0.2, 0) is 41.8 Å². The van der Waals surface area contributed by atoms with Crippen molar-refractivity contribution >= 4 is 23.9 Å². The molecule has 10 nitrogen and oxygen atoms in total. The van der Waals surface area contributed by atoms with Crippen LogP contribution in [0.5, 0.6) is 0 Å². The Morgan fingerprint density at radius 1 is 0.800 bits per heavy atom. The van der Waals surface area contributed by atoms with Gasteiger partial charge in [-0.1, -0.05) is 0 Å². The predicted molar refractivity (Wildman–Crippen MR) is 78.6 cm³/mol. The third-order valence-electron chi connectivity index (χ3n) is 2.85. The molecule has 0 saturated carbocycles. The quantitative estimate of drug-likeness (QED) is 0.518. The molecule has 0 fully saturated rings. The maximum atomic E-state index is 12.6. The number of esters is 4. The lowest BCUT2D eigenvalue weighted by Gasteiger charge is -2.12. The van der Waals surface area contributed by atoms with Crippen LogP contribution < -0.4 is 5.43 Å². The largest absolute Gasteiger partial charge is 0.465 e. The van der Waals surface area contributed by atoms with E-state index in [9.17, 15) is 24.0 Å². The van der Waals surface area contributed by atoms with Crippen molar-refractivity contribution < 1.29 is 42.5 Å². The molecule has 0 spiro atoms. The van der Waals surface area contributed by atoms with Gasteiger partial charge < -0.3 is 23.4 Å².